The summed E-state index contributed by atoms with van der Waals surface area (Å²) in [6, 6.07) is 20.7. The lowest BCUT2D eigenvalue weighted by Gasteiger charge is -2.15. The van der Waals surface area contributed by atoms with Crippen molar-refractivity contribution in [1.82, 2.24) is 5.32 Å². The van der Waals surface area contributed by atoms with Crippen molar-refractivity contribution in [3.05, 3.63) is 88.4 Å². The molecule has 3 aromatic rings. The van der Waals surface area contributed by atoms with Gasteiger partial charge in [0, 0.05) is 23.8 Å². The SMILES string of the molecule is O=C(O)CSCCNC(=O)c1ccc(NC(=O)OCC2c3ccccc3-c3ccccc32)c(Cl)c1. The molecule has 1 aliphatic carbocycles. The van der Waals surface area contributed by atoms with E-state index in [4.69, 9.17) is 21.4 Å². The second-order valence-electron chi connectivity index (χ2n) is 7.85. The Labute approximate surface area is 211 Å². The summed E-state index contributed by atoms with van der Waals surface area (Å²) in [6.45, 7) is 0.506. The molecule has 2 amide bonds. The molecule has 180 valence electrons. The molecule has 3 aromatic carbocycles. The third-order valence-electron chi connectivity index (χ3n) is 5.57. The molecule has 3 N–H and O–H groups in total. The van der Waals surface area contributed by atoms with Crippen molar-refractivity contribution in [3.8, 4) is 11.1 Å². The first-order valence-corrected chi connectivity index (χ1v) is 12.5. The topological polar surface area (TPSA) is 105 Å². The largest absolute Gasteiger partial charge is 0.481 e. The van der Waals surface area contributed by atoms with Crippen LogP contribution in [0.3, 0.4) is 0 Å². The highest BCUT2D eigenvalue weighted by Gasteiger charge is 2.29. The number of aliphatic carboxylic acids is 1. The number of carboxylic acids is 1. The van der Waals surface area contributed by atoms with Gasteiger partial charge in [0.2, 0.25) is 0 Å². The fraction of sp³-hybridized carbons (Fsp3) is 0.192. The number of carbonyl (C=O) groups is 3. The summed E-state index contributed by atoms with van der Waals surface area (Å²) < 4.78 is 5.54. The first kappa shape index (κ1) is 24.6. The zero-order chi connectivity index (χ0) is 24.8. The van der Waals surface area contributed by atoms with Gasteiger partial charge in [0.05, 0.1) is 16.5 Å². The fourth-order valence-corrected chi connectivity index (χ4v) is 4.79. The van der Waals surface area contributed by atoms with E-state index in [-0.39, 0.29) is 29.2 Å². The van der Waals surface area contributed by atoms with Crippen molar-refractivity contribution in [2.24, 2.45) is 0 Å². The number of benzene rings is 3. The van der Waals surface area contributed by atoms with Crippen LogP contribution in [0.4, 0.5) is 10.5 Å². The van der Waals surface area contributed by atoms with Gasteiger partial charge < -0.3 is 15.2 Å². The van der Waals surface area contributed by atoms with E-state index in [1.807, 2.05) is 36.4 Å². The van der Waals surface area contributed by atoms with Crippen molar-refractivity contribution < 1.29 is 24.2 Å². The number of ether oxygens (including phenoxy) is 1. The molecule has 0 spiro atoms. The molecule has 0 aromatic heterocycles. The van der Waals surface area contributed by atoms with Crippen LogP contribution in [0.2, 0.25) is 5.02 Å². The maximum Gasteiger partial charge on any atom is 0.411 e. The Morgan fingerprint density at radius 2 is 1.63 bits per heavy atom. The molecule has 35 heavy (non-hydrogen) atoms. The maximum absolute atomic E-state index is 12.5. The number of hydrogen-bond acceptors (Lipinski definition) is 5. The van der Waals surface area contributed by atoms with Gasteiger partial charge in [-0.2, -0.15) is 0 Å². The van der Waals surface area contributed by atoms with Crippen molar-refractivity contribution in [3.63, 3.8) is 0 Å². The molecule has 0 aliphatic heterocycles. The molecule has 0 fully saturated rings. The molecule has 0 unspecified atom stereocenters. The summed E-state index contributed by atoms with van der Waals surface area (Å²) in [6.07, 6.45) is -0.638. The molecule has 0 heterocycles. The monoisotopic (exact) mass is 510 g/mol. The molecule has 0 saturated heterocycles. The Morgan fingerprint density at radius 3 is 2.26 bits per heavy atom. The van der Waals surface area contributed by atoms with Gasteiger partial charge in [0.15, 0.2) is 0 Å². The van der Waals surface area contributed by atoms with Crippen molar-refractivity contribution >= 4 is 47.0 Å². The van der Waals surface area contributed by atoms with Gasteiger partial charge in [-0.1, -0.05) is 60.1 Å². The highest BCUT2D eigenvalue weighted by atomic mass is 35.5. The van der Waals surface area contributed by atoms with Crippen LogP contribution in [0, 0.1) is 0 Å². The first-order valence-electron chi connectivity index (χ1n) is 10.9. The third-order valence-corrected chi connectivity index (χ3v) is 6.83. The molecule has 4 rings (SSSR count). The van der Waals surface area contributed by atoms with Crippen LogP contribution in [-0.4, -0.2) is 47.7 Å². The fourth-order valence-electron chi connectivity index (χ4n) is 4.00. The molecule has 0 radical (unpaired) electrons. The Kier molecular flexibility index (Phi) is 7.94. The number of hydrogen-bond donors (Lipinski definition) is 3. The van der Waals surface area contributed by atoms with E-state index in [9.17, 15) is 14.4 Å². The van der Waals surface area contributed by atoms with Crippen LogP contribution in [0.15, 0.2) is 66.7 Å². The van der Waals surface area contributed by atoms with Crippen molar-refractivity contribution in [1.29, 1.82) is 0 Å². The molecule has 7 nitrogen and oxygen atoms in total. The van der Waals surface area contributed by atoms with Crippen LogP contribution in [-0.2, 0) is 9.53 Å². The summed E-state index contributed by atoms with van der Waals surface area (Å²) in [5.74, 6) is -0.822. The minimum absolute atomic E-state index is 0.0159. The number of nitrogens with one attached hydrogen (secondary N) is 2. The Morgan fingerprint density at radius 1 is 0.971 bits per heavy atom. The summed E-state index contributed by atoms with van der Waals surface area (Å²) in [7, 11) is 0. The number of halogens is 1. The lowest BCUT2D eigenvalue weighted by atomic mass is 9.98. The Hall–Kier alpha value is -3.49. The molecule has 0 atom stereocenters. The number of anilines is 1. The molecule has 0 bridgehead atoms. The normalized spacial score (nSPS) is 11.9. The molecule has 9 heteroatoms. The average molecular weight is 511 g/mol. The Bertz CT molecular complexity index is 1220. The molecular weight excluding hydrogens is 488 g/mol. The quantitative estimate of drug-likeness (QED) is 0.340. The average Bonchev–Trinajstić information content (AvgIpc) is 3.17. The number of thioether (sulfide) groups is 1. The number of carbonyl (C=O) groups excluding carboxylic acids is 2. The van der Waals surface area contributed by atoms with E-state index in [0.717, 1.165) is 22.3 Å². The van der Waals surface area contributed by atoms with E-state index < -0.39 is 12.1 Å². The second-order valence-corrected chi connectivity index (χ2v) is 9.36. The highest BCUT2D eigenvalue weighted by molar-refractivity contribution is 7.99. The van der Waals surface area contributed by atoms with Gasteiger partial charge in [0.25, 0.3) is 5.91 Å². The number of amides is 2. The minimum Gasteiger partial charge on any atom is -0.481 e. The lowest BCUT2D eigenvalue weighted by Crippen LogP contribution is -2.26. The summed E-state index contributed by atoms with van der Waals surface area (Å²) >= 11 is 7.49. The van der Waals surface area contributed by atoms with Crippen LogP contribution in [0.1, 0.15) is 27.4 Å². The standard InChI is InChI=1S/C26H23ClN2O5S/c27-22-13-16(25(32)28-11-12-35-15-24(30)31)9-10-23(22)29-26(33)34-14-21-19-7-3-1-5-17(19)18-6-2-4-8-20(18)21/h1-10,13,21H,11-12,14-15H2,(H,28,32)(H,29,33)(H,30,31). The zero-order valence-electron chi connectivity index (χ0n) is 18.6. The van der Waals surface area contributed by atoms with Gasteiger partial charge in [-0.05, 0) is 40.5 Å². The first-order chi connectivity index (χ1) is 16.9. The predicted octanol–water partition coefficient (Wildman–Crippen LogP) is 5.25. The molecule has 0 saturated carbocycles. The van der Waals surface area contributed by atoms with Gasteiger partial charge in [-0.25, -0.2) is 4.79 Å². The predicted molar refractivity (Wildman–Crippen MR) is 137 cm³/mol. The highest BCUT2D eigenvalue weighted by Crippen LogP contribution is 2.44. The van der Waals surface area contributed by atoms with Crippen LogP contribution < -0.4 is 10.6 Å². The van der Waals surface area contributed by atoms with Gasteiger partial charge in [-0.3, -0.25) is 14.9 Å². The third kappa shape index (κ3) is 5.96. The van der Waals surface area contributed by atoms with Crippen LogP contribution in [0.5, 0.6) is 0 Å². The lowest BCUT2D eigenvalue weighted by molar-refractivity contribution is -0.133. The maximum atomic E-state index is 12.5. The van der Waals surface area contributed by atoms with E-state index in [0.29, 0.717) is 23.5 Å². The van der Waals surface area contributed by atoms with E-state index in [2.05, 4.69) is 22.8 Å². The van der Waals surface area contributed by atoms with Crippen molar-refractivity contribution in [2.75, 3.05) is 30.0 Å². The number of carboxylic acid groups (broad SMARTS) is 1. The Balaban J connectivity index is 1.32. The smallest absolute Gasteiger partial charge is 0.411 e. The number of rotatable bonds is 9. The van der Waals surface area contributed by atoms with Gasteiger partial charge in [0.1, 0.15) is 6.61 Å². The summed E-state index contributed by atoms with van der Waals surface area (Å²) in [4.78, 5) is 35.3. The zero-order valence-corrected chi connectivity index (χ0v) is 20.2. The number of fused-ring (bicyclic) bond motifs is 3. The van der Waals surface area contributed by atoms with E-state index in [1.165, 1.54) is 23.9 Å². The van der Waals surface area contributed by atoms with Crippen LogP contribution in [0.25, 0.3) is 11.1 Å². The molecule has 1 aliphatic rings. The summed E-state index contributed by atoms with van der Waals surface area (Å²) in [5, 5.41) is 14.2. The second kappa shape index (κ2) is 11.3. The van der Waals surface area contributed by atoms with Gasteiger partial charge in [-0.15, -0.1) is 11.8 Å². The molecular formula is C26H23ClN2O5S. The van der Waals surface area contributed by atoms with E-state index in [1.54, 1.807) is 6.07 Å². The van der Waals surface area contributed by atoms with E-state index >= 15 is 0 Å². The van der Waals surface area contributed by atoms with Crippen molar-refractivity contribution in [2.45, 2.75) is 5.92 Å². The minimum atomic E-state index is -0.896. The van der Waals surface area contributed by atoms with Crippen LogP contribution >= 0.6 is 23.4 Å². The summed E-state index contributed by atoms with van der Waals surface area (Å²) in [5.41, 5.74) is 5.20. The van der Waals surface area contributed by atoms with Gasteiger partial charge >= 0.3 is 12.1 Å².